The molecule has 0 spiro atoms. The Morgan fingerprint density at radius 2 is 1.39 bits per heavy atom. The van der Waals surface area contributed by atoms with Crippen LogP contribution in [0.25, 0.3) is 81.4 Å². The summed E-state index contributed by atoms with van der Waals surface area (Å²) in [6.07, 6.45) is 0. The van der Waals surface area contributed by atoms with E-state index in [1.54, 1.807) is 0 Å². The Morgan fingerprint density at radius 3 is 2.30 bits per heavy atom. The topological polar surface area (TPSA) is 30.7 Å². The Labute approximate surface area is 269 Å². The summed E-state index contributed by atoms with van der Waals surface area (Å²) in [6.45, 7) is 2.36. The Morgan fingerprint density at radius 1 is 0.630 bits per heavy atom. The minimum atomic E-state index is -0.459. The number of para-hydroxylation sites is 1. The maximum atomic E-state index is 5.55. The first kappa shape index (κ1) is 24.7. The molecule has 0 N–H and O–H groups in total. The molecule has 11 rings (SSSR count). The van der Waals surface area contributed by atoms with Gasteiger partial charge in [-0.05, 0) is 53.9 Å². The molecule has 4 heterocycles. The van der Waals surface area contributed by atoms with Crippen LogP contribution in [-0.2, 0) is 5.41 Å². The molecule has 3 aromatic heterocycles. The van der Waals surface area contributed by atoms with Crippen LogP contribution in [0, 0.1) is 0 Å². The van der Waals surface area contributed by atoms with E-state index < -0.39 is 5.41 Å². The fourth-order valence-corrected chi connectivity index (χ4v) is 9.40. The molecular weight excluding hydrogens is 579 g/mol. The number of hydrogen-bond donors (Lipinski definition) is 0. The highest BCUT2D eigenvalue weighted by Gasteiger charge is 2.45. The highest BCUT2D eigenvalue weighted by molar-refractivity contribution is 7.26. The van der Waals surface area contributed by atoms with Crippen LogP contribution < -0.4 is 0 Å². The second kappa shape index (κ2) is 8.57. The maximum absolute atomic E-state index is 5.55. The van der Waals surface area contributed by atoms with Crippen LogP contribution in [0.15, 0.2) is 133 Å². The Bertz CT molecular complexity index is 2770. The number of thiophene rings is 1. The van der Waals surface area contributed by atoms with Crippen molar-refractivity contribution < 1.29 is 0 Å². The molecule has 9 aromatic rings. The van der Waals surface area contributed by atoms with E-state index in [1.165, 1.54) is 58.7 Å². The van der Waals surface area contributed by atoms with Crippen molar-refractivity contribution in [1.29, 1.82) is 0 Å². The average Bonchev–Trinajstić information content (AvgIpc) is 3.74. The number of rotatable bonds is 1. The molecule has 1 aliphatic carbocycles. The van der Waals surface area contributed by atoms with Crippen LogP contribution in [0.1, 0.15) is 23.7 Å². The smallest absolute Gasteiger partial charge is 0.162 e. The number of benzene rings is 6. The second-order valence-electron chi connectivity index (χ2n) is 12.7. The van der Waals surface area contributed by atoms with Gasteiger partial charge in [0.15, 0.2) is 5.82 Å². The van der Waals surface area contributed by atoms with Crippen LogP contribution >= 0.6 is 11.3 Å². The summed E-state index contributed by atoms with van der Waals surface area (Å²) < 4.78 is 5.11. The van der Waals surface area contributed by atoms with Crippen molar-refractivity contribution in [1.82, 2.24) is 14.5 Å². The molecule has 1 atom stereocenters. The van der Waals surface area contributed by atoms with Gasteiger partial charge < -0.3 is 4.57 Å². The molecular formula is C42H25N3S. The molecule has 6 aromatic carbocycles. The number of fused-ring (bicyclic) bond motifs is 16. The summed E-state index contributed by atoms with van der Waals surface area (Å²) in [6, 6.07) is 48.7. The summed E-state index contributed by atoms with van der Waals surface area (Å²) in [7, 11) is 0. The Kier molecular flexibility index (Phi) is 4.60. The van der Waals surface area contributed by atoms with Gasteiger partial charge in [-0.15, -0.1) is 11.3 Å². The number of aromatic nitrogens is 3. The first-order valence-electron chi connectivity index (χ1n) is 15.8. The van der Waals surface area contributed by atoms with E-state index in [1.807, 2.05) is 11.3 Å². The summed E-state index contributed by atoms with van der Waals surface area (Å²) in [4.78, 5) is 11.0. The first-order valence-corrected chi connectivity index (χ1v) is 16.6. The zero-order valence-corrected chi connectivity index (χ0v) is 25.8. The molecule has 0 fully saturated rings. The maximum Gasteiger partial charge on any atom is 0.162 e. The van der Waals surface area contributed by atoms with E-state index in [0.717, 1.165) is 39.6 Å². The van der Waals surface area contributed by atoms with E-state index in [2.05, 4.69) is 145 Å². The van der Waals surface area contributed by atoms with Crippen LogP contribution in [0.4, 0.5) is 0 Å². The lowest BCUT2D eigenvalue weighted by Crippen LogP contribution is -2.24. The third kappa shape index (κ3) is 2.93. The highest BCUT2D eigenvalue weighted by atomic mass is 32.1. The van der Waals surface area contributed by atoms with Gasteiger partial charge in [0, 0.05) is 47.6 Å². The van der Waals surface area contributed by atoms with Crippen molar-refractivity contribution in [3.63, 3.8) is 0 Å². The number of hydrogen-bond acceptors (Lipinski definition) is 3. The summed E-state index contributed by atoms with van der Waals surface area (Å²) in [5.74, 6) is 0.759. The van der Waals surface area contributed by atoms with Crippen molar-refractivity contribution in [2.75, 3.05) is 0 Å². The second-order valence-corrected chi connectivity index (χ2v) is 13.8. The van der Waals surface area contributed by atoms with Gasteiger partial charge in [0.2, 0.25) is 0 Å². The van der Waals surface area contributed by atoms with Gasteiger partial charge in [0.05, 0.1) is 33.5 Å². The zero-order chi connectivity index (χ0) is 30.1. The summed E-state index contributed by atoms with van der Waals surface area (Å²) in [5.41, 5.74) is 12.1. The molecule has 4 bridgehead atoms. The quantitative estimate of drug-likeness (QED) is 0.187. The average molecular weight is 604 g/mol. The van der Waals surface area contributed by atoms with E-state index in [0.29, 0.717) is 0 Å². The minimum absolute atomic E-state index is 0.459. The molecule has 4 heteroatoms. The molecule has 0 saturated carbocycles. The Hall–Kier alpha value is -5.58. The molecule has 46 heavy (non-hydrogen) atoms. The van der Waals surface area contributed by atoms with E-state index in [9.17, 15) is 0 Å². The van der Waals surface area contributed by atoms with Crippen LogP contribution in [0.5, 0.6) is 0 Å². The van der Waals surface area contributed by atoms with Crippen LogP contribution in [0.3, 0.4) is 0 Å². The van der Waals surface area contributed by atoms with Crippen molar-refractivity contribution in [3.05, 3.63) is 150 Å². The molecule has 3 nitrogen and oxygen atoms in total. The Balaban J connectivity index is 1.39. The SMILES string of the molecule is CC12c3ccc4c5ccc6sc7ccccc7c6c5n(c4c3)-c3ccccc3-c3nc(-c4ccccc4)c(c1n3)-c1ccccc12. The lowest BCUT2D eigenvalue weighted by molar-refractivity contribution is 0.686. The van der Waals surface area contributed by atoms with Gasteiger partial charge in [-0.2, -0.15) is 0 Å². The van der Waals surface area contributed by atoms with Gasteiger partial charge in [0.1, 0.15) is 0 Å². The van der Waals surface area contributed by atoms with Gasteiger partial charge in [0.25, 0.3) is 0 Å². The standard InChI is InChI=1S/C42H25N3S/c1-42-25-19-20-26-27-21-22-35-36(30-15-7-10-18-34(30)46-35)39(27)45(33(26)23-25)32-17-9-6-14-29(32)41-43-38(24-11-3-2-4-12-24)37(40(42)44-41)28-13-5-8-16-31(28)42/h2-23H,1H3. The normalized spacial score (nSPS) is 16.0. The van der Waals surface area contributed by atoms with Crippen molar-refractivity contribution in [2.45, 2.75) is 12.3 Å². The molecule has 1 unspecified atom stereocenters. The van der Waals surface area contributed by atoms with Gasteiger partial charge in [-0.1, -0.05) is 103 Å². The van der Waals surface area contributed by atoms with Gasteiger partial charge >= 0.3 is 0 Å². The summed E-state index contributed by atoms with van der Waals surface area (Å²) >= 11 is 1.87. The van der Waals surface area contributed by atoms with Crippen LogP contribution in [-0.4, -0.2) is 14.5 Å². The molecule has 0 saturated heterocycles. The third-order valence-electron chi connectivity index (χ3n) is 10.4. The first-order chi connectivity index (χ1) is 22.7. The van der Waals surface area contributed by atoms with Crippen molar-refractivity contribution in [3.8, 4) is 39.5 Å². The van der Waals surface area contributed by atoms with E-state index in [4.69, 9.17) is 9.97 Å². The monoisotopic (exact) mass is 603 g/mol. The lowest BCUT2D eigenvalue weighted by atomic mass is 9.76. The molecule has 0 amide bonds. The lowest BCUT2D eigenvalue weighted by Gasteiger charge is -2.29. The third-order valence-corrected chi connectivity index (χ3v) is 11.5. The zero-order valence-electron chi connectivity index (χ0n) is 25.0. The van der Waals surface area contributed by atoms with Crippen molar-refractivity contribution >= 4 is 53.3 Å². The molecule has 0 radical (unpaired) electrons. The minimum Gasteiger partial charge on any atom is -0.308 e. The molecule has 1 aliphatic heterocycles. The van der Waals surface area contributed by atoms with Gasteiger partial charge in [-0.3, -0.25) is 0 Å². The van der Waals surface area contributed by atoms with Crippen molar-refractivity contribution in [2.24, 2.45) is 0 Å². The van der Waals surface area contributed by atoms with Crippen LogP contribution in [0.2, 0.25) is 0 Å². The largest absolute Gasteiger partial charge is 0.308 e. The fourth-order valence-electron chi connectivity index (χ4n) is 8.29. The van der Waals surface area contributed by atoms with E-state index >= 15 is 0 Å². The summed E-state index contributed by atoms with van der Waals surface area (Å²) in [5, 5.41) is 5.13. The number of nitrogens with zero attached hydrogens (tertiary/aromatic N) is 3. The highest BCUT2D eigenvalue weighted by Crippen LogP contribution is 2.56. The van der Waals surface area contributed by atoms with E-state index in [-0.39, 0.29) is 0 Å². The fraction of sp³-hybridized carbons (Fsp3) is 0.0476. The predicted molar refractivity (Wildman–Crippen MR) is 191 cm³/mol. The predicted octanol–water partition coefficient (Wildman–Crippen LogP) is 10.9. The molecule has 2 aliphatic rings. The van der Waals surface area contributed by atoms with Gasteiger partial charge in [-0.25, -0.2) is 9.97 Å². The molecule has 214 valence electrons.